The van der Waals surface area contributed by atoms with Crippen LogP contribution < -0.4 is 11.1 Å². The number of hydrogen-bond acceptors (Lipinski definition) is 7. The van der Waals surface area contributed by atoms with Crippen molar-refractivity contribution in [3.63, 3.8) is 0 Å². The molecule has 0 saturated carbocycles. The van der Waals surface area contributed by atoms with E-state index in [4.69, 9.17) is 10.5 Å². The Morgan fingerprint density at radius 1 is 0.860 bits per heavy atom. The van der Waals surface area contributed by atoms with Crippen molar-refractivity contribution >= 4 is 40.7 Å². The molecule has 3 saturated heterocycles. The van der Waals surface area contributed by atoms with Crippen LogP contribution in [0.15, 0.2) is 22.9 Å². The first kappa shape index (κ1) is 36.1. The number of nitrogens with zero attached hydrogens (tertiary/aromatic N) is 4. The Kier molecular flexibility index (Phi) is 10.4. The summed E-state index contributed by atoms with van der Waals surface area (Å²) in [6.07, 6.45) is -8.70. The number of urea groups is 1. The van der Waals surface area contributed by atoms with Crippen LogP contribution in [0, 0.1) is 0 Å². The first-order valence-electron chi connectivity index (χ1n) is 16.9. The molecule has 2 aromatic rings. The molecule has 1 aromatic carbocycles. The van der Waals surface area contributed by atoms with Gasteiger partial charge in [0.2, 0.25) is 0 Å². The Bertz CT molecular complexity index is 1530. The quantitative estimate of drug-likeness (QED) is 0.277. The summed E-state index contributed by atoms with van der Waals surface area (Å²) < 4.78 is 88.6. The zero-order valence-corrected chi connectivity index (χ0v) is 28.1. The number of ether oxygens (including phenoxy) is 1. The van der Waals surface area contributed by atoms with Gasteiger partial charge < -0.3 is 35.4 Å². The molecule has 6 rings (SSSR count). The van der Waals surface area contributed by atoms with Gasteiger partial charge >= 0.3 is 24.5 Å². The molecule has 1 aromatic heterocycles. The second kappa shape index (κ2) is 14.5. The predicted molar refractivity (Wildman–Crippen MR) is 174 cm³/mol. The molecule has 0 radical (unpaired) electrons. The fraction of sp³-hybridized carbons (Fsp3) is 0.606. The van der Waals surface area contributed by atoms with Crippen LogP contribution in [-0.4, -0.2) is 102 Å². The zero-order valence-electron chi connectivity index (χ0n) is 27.3. The third kappa shape index (κ3) is 7.92. The molecule has 3 fully saturated rings. The number of halogens is 6. The average molecular weight is 731 g/mol. The maximum Gasteiger partial charge on any atom is 0.418 e. The topological polar surface area (TPSA) is 111 Å². The van der Waals surface area contributed by atoms with Crippen LogP contribution in [0.4, 0.5) is 47.3 Å². The summed E-state index contributed by atoms with van der Waals surface area (Å²) in [5, 5.41) is 6.79. The molecule has 5 heterocycles. The Balaban J connectivity index is 1.17. The first-order valence-corrected chi connectivity index (χ1v) is 17.8. The van der Waals surface area contributed by atoms with E-state index in [0.717, 1.165) is 37.2 Å². The molecule has 50 heavy (non-hydrogen) atoms. The molecule has 0 bridgehead atoms. The minimum absolute atomic E-state index is 0.169. The molecule has 3 N–H and O–H groups in total. The SMILES string of the molecule is Nc1c(C(F)(F)F)cc(C[C@@H](OC(=O)N2CCC(N3CCc4cscc4NC3=O)CC2)C(=O)N2CCC(N3CCCC3)CC2)cc1C(F)(F)F. The third-order valence-corrected chi connectivity index (χ3v) is 11.0. The molecule has 1 atom stereocenters. The Morgan fingerprint density at radius 2 is 1.44 bits per heavy atom. The van der Waals surface area contributed by atoms with E-state index in [1.165, 1.54) is 21.1 Å². The van der Waals surface area contributed by atoms with E-state index in [1.807, 2.05) is 10.8 Å². The molecule has 10 nitrogen and oxygen atoms in total. The molecule has 0 unspecified atom stereocenters. The maximum absolute atomic E-state index is 13.9. The summed E-state index contributed by atoms with van der Waals surface area (Å²) in [4.78, 5) is 47.2. The summed E-state index contributed by atoms with van der Waals surface area (Å²) in [6.45, 7) is 3.41. The monoisotopic (exact) mass is 730 g/mol. The summed E-state index contributed by atoms with van der Waals surface area (Å²) in [7, 11) is 0. The Morgan fingerprint density at radius 3 is 2.04 bits per heavy atom. The van der Waals surface area contributed by atoms with Gasteiger partial charge in [0.1, 0.15) is 0 Å². The fourth-order valence-electron chi connectivity index (χ4n) is 7.52. The molecular formula is C33H40F6N6O4S. The highest BCUT2D eigenvalue weighted by atomic mass is 32.1. The van der Waals surface area contributed by atoms with E-state index in [0.29, 0.717) is 63.9 Å². The van der Waals surface area contributed by atoms with Gasteiger partial charge in [-0.1, -0.05) is 0 Å². The summed E-state index contributed by atoms with van der Waals surface area (Å²) in [5.74, 6) is -0.680. The molecule has 4 aliphatic rings. The Labute approximate surface area is 289 Å². The van der Waals surface area contributed by atoms with Gasteiger partial charge in [0.25, 0.3) is 5.91 Å². The van der Waals surface area contributed by atoms with Crippen molar-refractivity contribution in [1.29, 1.82) is 0 Å². The van der Waals surface area contributed by atoms with Crippen molar-refractivity contribution < 1.29 is 45.5 Å². The largest absolute Gasteiger partial charge is 0.436 e. The number of carbonyl (C=O) groups excluding carboxylic acids is 3. The number of nitrogens with two attached hydrogens (primary N) is 1. The van der Waals surface area contributed by atoms with Crippen molar-refractivity contribution in [2.24, 2.45) is 0 Å². The average Bonchev–Trinajstić information content (AvgIpc) is 3.74. The maximum atomic E-state index is 13.9. The van der Waals surface area contributed by atoms with Gasteiger partial charge in [-0.05, 0) is 86.7 Å². The van der Waals surface area contributed by atoms with E-state index >= 15 is 0 Å². The summed E-state index contributed by atoms with van der Waals surface area (Å²) in [5.41, 5.74) is 1.85. The van der Waals surface area contributed by atoms with E-state index in [2.05, 4.69) is 10.2 Å². The number of thiophene rings is 1. The van der Waals surface area contributed by atoms with Crippen LogP contribution in [0.2, 0.25) is 0 Å². The smallest absolute Gasteiger partial charge is 0.418 e. The van der Waals surface area contributed by atoms with E-state index in [-0.39, 0.29) is 31.2 Å². The molecule has 0 aliphatic carbocycles. The summed E-state index contributed by atoms with van der Waals surface area (Å²) >= 11 is 1.51. The van der Waals surface area contributed by atoms with Crippen molar-refractivity contribution in [3.8, 4) is 0 Å². The second-order valence-corrected chi connectivity index (χ2v) is 14.1. The van der Waals surface area contributed by atoms with Gasteiger partial charge in [-0.2, -0.15) is 26.3 Å². The number of hydrogen-bond donors (Lipinski definition) is 2. The minimum atomic E-state index is -5.20. The number of anilines is 2. The van der Waals surface area contributed by atoms with E-state index in [1.54, 1.807) is 4.90 Å². The molecule has 274 valence electrons. The number of nitrogens with one attached hydrogen (secondary N) is 1. The molecule has 0 spiro atoms. The highest BCUT2D eigenvalue weighted by molar-refractivity contribution is 7.08. The Hall–Kier alpha value is -3.73. The van der Waals surface area contributed by atoms with Crippen molar-refractivity contribution in [2.45, 2.75) is 81.9 Å². The van der Waals surface area contributed by atoms with Crippen molar-refractivity contribution in [2.75, 3.05) is 56.9 Å². The van der Waals surface area contributed by atoms with Gasteiger partial charge in [-0.15, -0.1) is 11.3 Å². The zero-order chi connectivity index (χ0) is 35.8. The number of carbonyl (C=O) groups is 3. The number of fused-ring (bicyclic) bond motifs is 1. The van der Waals surface area contributed by atoms with Crippen LogP contribution in [-0.2, 0) is 34.7 Å². The molecule has 4 aliphatic heterocycles. The third-order valence-electron chi connectivity index (χ3n) is 10.3. The van der Waals surface area contributed by atoms with E-state index < -0.39 is 59.3 Å². The number of piperidine rings is 2. The van der Waals surface area contributed by atoms with Gasteiger partial charge in [0, 0.05) is 56.6 Å². The number of rotatable bonds is 6. The number of alkyl halides is 6. The molecule has 4 amide bonds. The van der Waals surface area contributed by atoms with Crippen LogP contribution in [0.5, 0.6) is 0 Å². The van der Waals surface area contributed by atoms with E-state index in [9.17, 15) is 40.7 Å². The van der Waals surface area contributed by atoms with Gasteiger partial charge in [-0.3, -0.25) is 4.79 Å². The van der Waals surface area contributed by atoms with Gasteiger partial charge in [-0.25, -0.2) is 9.59 Å². The number of nitrogen functional groups attached to an aromatic ring is 1. The van der Waals surface area contributed by atoms with Crippen LogP contribution >= 0.6 is 11.3 Å². The highest BCUT2D eigenvalue weighted by Crippen LogP contribution is 2.42. The minimum Gasteiger partial charge on any atom is -0.436 e. The fourth-order valence-corrected chi connectivity index (χ4v) is 8.34. The second-order valence-electron chi connectivity index (χ2n) is 13.4. The molecular weight excluding hydrogens is 690 g/mol. The lowest BCUT2D eigenvalue weighted by Gasteiger charge is -2.39. The summed E-state index contributed by atoms with van der Waals surface area (Å²) in [6, 6.07) is 0.826. The number of likely N-dealkylation sites (tertiary alicyclic amines) is 3. The number of benzene rings is 1. The van der Waals surface area contributed by atoms with Crippen LogP contribution in [0.25, 0.3) is 0 Å². The standard InChI is InChI=1S/C33H40F6N6O4S/c34-32(35,36)24-15-20(16-25(28(24)40)33(37,38)39)17-27(29(46)43-10-4-22(5-11-43)42-8-1-2-9-42)49-31(48)44-12-6-23(7-13-44)45-14-3-21-18-50-19-26(21)41-30(45)47/h15-16,18-19,22-23,27H,1-14,17,40H2,(H,41,47)/t27-/m1/s1. The highest BCUT2D eigenvalue weighted by Gasteiger charge is 2.42. The van der Waals surface area contributed by atoms with Crippen molar-refractivity contribution in [3.05, 3.63) is 45.1 Å². The van der Waals surface area contributed by atoms with Gasteiger partial charge in [0.15, 0.2) is 6.10 Å². The van der Waals surface area contributed by atoms with Crippen LogP contribution in [0.3, 0.4) is 0 Å². The lowest BCUT2D eigenvalue weighted by Crippen LogP contribution is -2.52. The van der Waals surface area contributed by atoms with Crippen LogP contribution in [0.1, 0.15) is 60.8 Å². The van der Waals surface area contributed by atoms with Gasteiger partial charge in [0.05, 0.1) is 22.5 Å². The normalized spacial score (nSPS) is 20.8. The lowest BCUT2D eigenvalue weighted by molar-refractivity contribution is -0.142. The lowest BCUT2D eigenvalue weighted by atomic mass is 9.97. The van der Waals surface area contributed by atoms with Crippen molar-refractivity contribution in [1.82, 2.24) is 19.6 Å². The first-order chi connectivity index (χ1) is 23.7. The molecule has 17 heteroatoms. The predicted octanol–water partition coefficient (Wildman–Crippen LogP) is 6.06. The number of amides is 4.